The van der Waals surface area contributed by atoms with Gasteiger partial charge in [0.2, 0.25) is 11.8 Å². The van der Waals surface area contributed by atoms with E-state index in [0.29, 0.717) is 17.3 Å². The first kappa shape index (κ1) is 19.3. The van der Waals surface area contributed by atoms with Crippen LogP contribution in [0.3, 0.4) is 0 Å². The molecule has 0 aliphatic carbocycles. The largest absolute Gasteiger partial charge is 0.440 e. The number of oxazole rings is 1. The summed E-state index contributed by atoms with van der Waals surface area (Å²) in [7, 11) is 0. The molecule has 1 atom stereocenters. The first-order valence-electron chi connectivity index (χ1n) is 9.95. The molecule has 0 saturated heterocycles. The highest BCUT2D eigenvalue weighted by molar-refractivity contribution is 7.13. The number of H-pyrrole nitrogens is 1. The van der Waals surface area contributed by atoms with E-state index in [0.717, 1.165) is 27.0 Å². The van der Waals surface area contributed by atoms with Crippen molar-refractivity contribution in [2.45, 2.75) is 19.4 Å². The van der Waals surface area contributed by atoms with Crippen molar-refractivity contribution in [3.63, 3.8) is 0 Å². The highest BCUT2D eigenvalue weighted by Crippen LogP contribution is 2.27. The number of aryl methyl sites for hydroxylation is 1. The maximum absolute atomic E-state index is 13.0. The number of carbonyl (C=O) groups is 1. The lowest BCUT2D eigenvalue weighted by Gasteiger charge is -2.20. The Morgan fingerprint density at radius 2 is 2.00 bits per heavy atom. The van der Waals surface area contributed by atoms with Crippen molar-refractivity contribution in [2.24, 2.45) is 0 Å². The fourth-order valence-electron chi connectivity index (χ4n) is 3.60. The Kier molecular flexibility index (Phi) is 5.09. The monoisotopic (exact) mass is 428 g/mol. The number of hydrogen-bond donors (Lipinski definition) is 2. The van der Waals surface area contributed by atoms with E-state index in [1.165, 1.54) is 0 Å². The lowest BCUT2D eigenvalue weighted by Crippen LogP contribution is -2.30. The smallest absolute Gasteiger partial charge is 0.236 e. The summed E-state index contributed by atoms with van der Waals surface area (Å²) in [6.07, 6.45) is 1.82. The third-order valence-electron chi connectivity index (χ3n) is 5.17. The van der Waals surface area contributed by atoms with Crippen LogP contribution in [0.25, 0.3) is 21.8 Å². The number of nitrogens with one attached hydrogen (secondary N) is 2. The Hall–Kier alpha value is -3.71. The zero-order valence-electron chi connectivity index (χ0n) is 16.8. The molecule has 3 aromatic heterocycles. The van der Waals surface area contributed by atoms with Crippen molar-refractivity contribution in [2.75, 3.05) is 0 Å². The molecule has 0 radical (unpaired) electrons. The van der Waals surface area contributed by atoms with Gasteiger partial charge in [-0.2, -0.15) is 0 Å². The molecule has 1 unspecified atom stereocenters. The average molecular weight is 429 g/mol. The van der Waals surface area contributed by atoms with Crippen molar-refractivity contribution in [1.82, 2.24) is 20.3 Å². The van der Waals surface area contributed by atoms with Gasteiger partial charge in [0, 0.05) is 0 Å². The predicted molar refractivity (Wildman–Crippen MR) is 121 cm³/mol. The third kappa shape index (κ3) is 4.00. The minimum Gasteiger partial charge on any atom is -0.440 e. The summed E-state index contributed by atoms with van der Waals surface area (Å²) in [5.41, 5.74) is 4.46. The molecular weight excluding hydrogens is 408 g/mol. The summed E-state index contributed by atoms with van der Waals surface area (Å²) in [4.78, 5) is 25.9. The Balaban J connectivity index is 1.41. The molecular formula is C24H20N4O2S. The van der Waals surface area contributed by atoms with Crippen molar-refractivity contribution >= 4 is 28.3 Å². The zero-order valence-corrected chi connectivity index (χ0v) is 17.6. The number of rotatable bonds is 6. The molecule has 0 bridgehead atoms. The van der Waals surface area contributed by atoms with Crippen LogP contribution >= 0.6 is 11.3 Å². The van der Waals surface area contributed by atoms with E-state index in [1.54, 1.807) is 17.7 Å². The van der Waals surface area contributed by atoms with E-state index < -0.39 is 0 Å². The highest BCUT2D eigenvalue weighted by atomic mass is 32.1. The normalized spacial score (nSPS) is 12.2. The van der Waals surface area contributed by atoms with Crippen molar-refractivity contribution in [3.05, 3.63) is 95.0 Å². The number of aromatic nitrogens is 3. The van der Waals surface area contributed by atoms with E-state index >= 15 is 0 Å². The maximum Gasteiger partial charge on any atom is 0.236 e. The lowest BCUT2D eigenvalue weighted by molar-refractivity contribution is -0.121. The van der Waals surface area contributed by atoms with E-state index in [1.807, 2.05) is 73.0 Å². The number of benzene rings is 2. The van der Waals surface area contributed by atoms with Crippen LogP contribution in [0.1, 0.15) is 28.6 Å². The summed E-state index contributed by atoms with van der Waals surface area (Å²) in [5, 5.41) is 5.15. The Bertz CT molecular complexity index is 1320. The summed E-state index contributed by atoms with van der Waals surface area (Å²) >= 11 is 1.56. The molecule has 0 fully saturated rings. The second kappa shape index (κ2) is 8.20. The van der Waals surface area contributed by atoms with Gasteiger partial charge < -0.3 is 14.7 Å². The van der Waals surface area contributed by atoms with Gasteiger partial charge in [0.25, 0.3) is 0 Å². The molecule has 5 aromatic rings. The molecule has 1 amide bonds. The second-order valence-corrected chi connectivity index (χ2v) is 8.21. The van der Waals surface area contributed by atoms with Crippen LogP contribution in [0.15, 0.2) is 76.8 Å². The molecule has 3 heterocycles. The fourth-order valence-corrected chi connectivity index (χ4v) is 4.25. The zero-order chi connectivity index (χ0) is 21.2. The topological polar surface area (TPSA) is 83.8 Å². The van der Waals surface area contributed by atoms with Gasteiger partial charge in [0.15, 0.2) is 0 Å². The molecule has 5 rings (SSSR count). The van der Waals surface area contributed by atoms with Gasteiger partial charge in [-0.25, -0.2) is 9.97 Å². The van der Waals surface area contributed by atoms with E-state index in [4.69, 9.17) is 4.42 Å². The summed E-state index contributed by atoms with van der Waals surface area (Å²) in [6.45, 7) is 1.84. The number of carbonyl (C=O) groups excluding carboxylic acids is 1. The standard InChI is InChI=1S/C24H20N4O2S/c1-15-19(27-24(30-15)21-8-5-11-31-21)13-22(29)28-23(16-6-3-2-4-7-16)17-9-10-18-20(12-17)26-14-25-18/h2-12,14,23H,13H2,1H3,(H,25,26)(H,28,29). The molecule has 7 heteroatoms. The molecule has 2 aromatic carbocycles. The molecule has 0 aliphatic rings. The van der Waals surface area contributed by atoms with Crippen LogP contribution in [0, 0.1) is 6.92 Å². The molecule has 0 aliphatic heterocycles. The molecule has 154 valence electrons. The fraction of sp³-hybridized carbons (Fsp3) is 0.125. The van der Waals surface area contributed by atoms with Crippen LogP contribution in [0.5, 0.6) is 0 Å². The van der Waals surface area contributed by atoms with Crippen LogP contribution in [-0.4, -0.2) is 20.9 Å². The predicted octanol–water partition coefficient (Wildman–Crippen LogP) is 5.04. The quantitative estimate of drug-likeness (QED) is 0.397. The van der Waals surface area contributed by atoms with Crippen LogP contribution in [0.4, 0.5) is 0 Å². The average Bonchev–Trinajstić information content (AvgIpc) is 3.54. The molecule has 0 spiro atoms. The highest BCUT2D eigenvalue weighted by Gasteiger charge is 2.20. The van der Waals surface area contributed by atoms with Gasteiger partial charge in [-0.1, -0.05) is 42.5 Å². The summed E-state index contributed by atoms with van der Waals surface area (Å²) < 4.78 is 5.78. The van der Waals surface area contributed by atoms with Gasteiger partial charge in [-0.15, -0.1) is 11.3 Å². The summed E-state index contributed by atoms with van der Waals surface area (Å²) in [6, 6.07) is 19.5. The van der Waals surface area contributed by atoms with Gasteiger partial charge in [-0.3, -0.25) is 4.79 Å². The SMILES string of the molecule is Cc1oc(-c2cccs2)nc1CC(=O)NC(c1ccccc1)c1ccc2nc[nH]c2c1. The van der Waals surface area contributed by atoms with Gasteiger partial charge >= 0.3 is 0 Å². The number of nitrogens with zero attached hydrogens (tertiary/aromatic N) is 2. The number of amides is 1. The van der Waals surface area contributed by atoms with Crippen molar-refractivity contribution < 1.29 is 9.21 Å². The van der Waals surface area contributed by atoms with Gasteiger partial charge in [0.1, 0.15) is 5.76 Å². The van der Waals surface area contributed by atoms with E-state index in [9.17, 15) is 4.79 Å². The van der Waals surface area contributed by atoms with Crippen LogP contribution < -0.4 is 5.32 Å². The minimum absolute atomic E-state index is 0.118. The number of thiophene rings is 1. The van der Waals surface area contributed by atoms with E-state index in [-0.39, 0.29) is 18.4 Å². The summed E-state index contributed by atoms with van der Waals surface area (Å²) in [5.74, 6) is 1.10. The Morgan fingerprint density at radius 3 is 2.81 bits per heavy atom. The molecule has 6 nitrogen and oxygen atoms in total. The molecule has 0 saturated carbocycles. The molecule has 31 heavy (non-hydrogen) atoms. The van der Waals surface area contributed by atoms with Crippen molar-refractivity contribution in [1.29, 1.82) is 0 Å². The van der Waals surface area contributed by atoms with Gasteiger partial charge in [-0.05, 0) is 41.6 Å². The Labute approximate surface area is 183 Å². The Morgan fingerprint density at radius 1 is 1.13 bits per heavy atom. The third-order valence-corrected chi connectivity index (χ3v) is 6.03. The number of hydrogen-bond acceptors (Lipinski definition) is 5. The number of fused-ring (bicyclic) bond motifs is 1. The van der Waals surface area contributed by atoms with Crippen molar-refractivity contribution in [3.8, 4) is 10.8 Å². The molecule has 2 N–H and O–H groups in total. The lowest BCUT2D eigenvalue weighted by atomic mass is 9.98. The van der Waals surface area contributed by atoms with Crippen LogP contribution in [0.2, 0.25) is 0 Å². The number of imidazole rings is 1. The first-order valence-corrected chi connectivity index (χ1v) is 10.8. The second-order valence-electron chi connectivity index (χ2n) is 7.27. The number of aromatic amines is 1. The van der Waals surface area contributed by atoms with E-state index in [2.05, 4.69) is 20.3 Å². The van der Waals surface area contributed by atoms with Crippen LogP contribution in [-0.2, 0) is 11.2 Å². The minimum atomic E-state index is -0.287. The van der Waals surface area contributed by atoms with Gasteiger partial charge in [0.05, 0.1) is 40.4 Å². The first-order chi connectivity index (χ1) is 15.2. The maximum atomic E-state index is 13.0.